The van der Waals surface area contributed by atoms with Gasteiger partial charge in [0.2, 0.25) is 0 Å². The lowest BCUT2D eigenvalue weighted by molar-refractivity contribution is -0.124. The summed E-state index contributed by atoms with van der Waals surface area (Å²) in [5, 5.41) is 3.01. The molecule has 5 nitrogen and oxygen atoms in total. The van der Waals surface area contributed by atoms with Crippen LogP contribution in [0.15, 0.2) is 59.5 Å². The van der Waals surface area contributed by atoms with Crippen molar-refractivity contribution >= 4 is 15.7 Å². The molecule has 2 aromatic rings. The molecular formula is C20H25NO4S. The summed E-state index contributed by atoms with van der Waals surface area (Å²) < 4.78 is 28.4. The highest BCUT2D eigenvalue weighted by atomic mass is 32.2. The van der Waals surface area contributed by atoms with Crippen LogP contribution in [-0.2, 0) is 14.6 Å². The smallest absolute Gasteiger partial charge is 0.258 e. The van der Waals surface area contributed by atoms with Crippen LogP contribution in [0.3, 0.4) is 0 Å². The van der Waals surface area contributed by atoms with Crippen molar-refractivity contribution in [1.29, 1.82) is 0 Å². The van der Waals surface area contributed by atoms with E-state index >= 15 is 0 Å². The summed E-state index contributed by atoms with van der Waals surface area (Å²) in [5.41, 5.74) is 1.06. The third-order valence-electron chi connectivity index (χ3n) is 3.87. The van der Waals surface area contributed by atoms with Crippen molar-refractivity contribution in [3.8, 4) is 5.75 Å². The summed E-state index contributed by atoms with van der Waals surface area (Å²) in [6, 6.07) is 15.8. The first-order chi connectivity index (χ1) is 12.3. The van der Waals surface area contributed by atoms with Gasteiger partial charge in [0.25, 0.3) is 5.91 Å². The number of ether oxygens (including phenoxy) is 1. The quantitative estimate of drug-likeness (QED) is 0.768. The molecule has 1 amide bonds. The highest BCUT2D eigenvalue weighted by Gasteiger charge is 2.16. The van der Waals surface area contributed by atoms with Gasteiger partial charge in [-0.1, -0.05) is 44.2 Å². The second-order valence-electron chi connectivity index (χ2n) is 6.69. The maximum absolute atomic E-state index is 12.3. The predicted molar refractivity (Wildman–Crippen MR) is 102 cm³/mol. The minimum Gasteiger partial charge on any atom is -0.484 e. The molecule has 0 radical (unpaired) electrons. The molecule has 0 saturated heterocycles. The Kier molecular flexibility index (Phi) is 6.80. The second kappa shape index (κ2) is 8.85. The van der Waals surface area contributed by atoms with Crippen molar-refractivity contribution in [3.05, 3.63) is 60.2 Å². The number of rotatable bonds is 8. The van der Waals surface area contributed by atoms with E-state index in [4.69, 9.17) is 4.74 Å². The van der Waals surface area contributed by atoms with Crippen molar-refractivity contribution < 1.29 is 17.9 Å². The lowest BCUT2D eigenvalue weighted by Crippen LogP contribution is -2.33. The van der Waals surface area contributed by atoms with E-state index in [2.05, 4.69) is 19.2 Å². The molecule has 0 spiro atoms. The topological polar surface area (TPSA) is 72.5 Å². The highest BCUT2D eigenvalue weighted by molar-refractivity contribution is 7.90. The Morgan fingerprint density at radius 2 is 1.65 bits per heavy atom. The molecule has 0 saturated carbocycles. The summed E-state index contributed by atoms with van der Waals surface area (Å²) in [5.74, 6) is 0.671. The fourth-order valence-corrected chi connectivity index (χ4v) is 3.23. The summed E-state index contributed by atoms with van der Waals surface area (Å²) in [4.78, 5) is 12.5. The first-order valence-electron chi connectivity index (χ1n) is 8.53. The van der Waals surface area contributed by atoms with Gasteiger partial charge < -0.3 is 10.1 Å². The standard InChI is InChI=1S/C20H25NO4S/c1-15(2)13-19(16-7-5-4-6-8-16)21-20(22)14-25-17-9-11-18(12-10-17)26(3,23)24/h4-12,15,19H,13-14H2,1-3H3,(H,21,22)/t19-/m0/s1. The minimum atomic E-state index is -3.24. The van der Waals surface area contributed by atoms with Gasteiger partial charge in [0.1, 0.15) is 5.75 Å². The highest BCUT2D eigenvalue weighted by Crippen LogP contribution is 2.21. The van der Waals surface area contributed by atoms with Gasteiger partial charge in [-0.15, -0.1) is 0 Å². The molecule has 0 aliphatic rings. The van der Waals surface area contributed by atoms with E-state index in [9.17, 15) is 13.2 Å². The maximum atomic E-state index is 12.3. The fourth-order valence-electron chi connectivity index (χ4n) is 2.60. The van der Waals surface area contributed by atoms with Crippen LogP contribution in [0, 0.1) is 5.92 Å². The zero-order chi connectivity index (χ0) is 19.2. The van der Waals surface area contributed by atoms with Crippen LogP contribution in [0.4, 0.5) is 0 Å². The van der Waals surface area contributed by atoms with E-state index in [0.29, 0.717) is 11.7 Å². The van der Waals surface area contributed by atoms with Crippen molar-refractivity contribution in [2.45, 2.75) is 31.2 Å². The molecule has 1 N–H and O–H groups in total. The molecule has 2 aromatic carbocycles. The Hall–Kier alpha value is -2.34. The predicted octanol–water partition coefficient (Wildman–Crippen LogP) is 3.37. The van der Waals surface area contributed by atoms with Gasteiger partial charge in [-0.05, 0) is 42.2 Å². The molecule has 2 rings (SSSR count). The van der Waals surface area contributed by atoms with Crippen LogP contribution >= 0.6 is 0 Å². The number of nitrogens with one attached hydrogen (secondary N) is 1. The average molecular weight is 375 g/mol. The lowest BCUT2D eigenvalue weighted by atomic mass is 9.97. The third kappa shape index (κ3) is 6.19. The molecular weight excluding hydrogens is 350 g/mol. The van der Waals surface area contributed by atoms with Crippen LogP contribution in [0.1, 0.15) is 31.9 Å². The Morgan fingerprint density at radius 1 is 1.04 bits per heavy atom. The molecule has 0 bridgehead atoms. The Morgan fingerprint density at radius 3 is 2.19 bits per heavy atom. The van der Waals surface area contributed by atoms with Crippen LogP contribution < -0.4 is 10.1 Å². The number of hydrogen-bond donors (Lipinski definition) is 1. The molecule has 0 aliphatic carbocycles. The zero-order valence-electron chi connectivity index (χ0n) is 15.3. The fraction of sp³-hybridized carbons (Fsp3) is 0.350. The summed E-state index contributed by atoms with van der Waals surface area (Å²) in [6.45, 7) is 4.10. The molecule has 1 atom stereocenters. The maximum Gasteiger partial charge on any atom is 0.258 e. The van der Waals surface area contributed by atoms with Gasteiger partial charge in [0, 0.05) is 6.26 Å². The number of sulfone groups is 1. The molecule has 0 heterocycles. The van der Waals surface area contributed by atoms with Gasteiger partial charge in [-0.2, -0.15) is 0 Å². The van der Waals surface area contributed by atoms with Gasteiger partial charge >= 0.3 is 0 Å². The van der Waals surface area contributed by atoms with E-state index in [1.54, 1.807) is 12.1 Å². The van der Waals surface area contributed by atoms with Gasteiger partial charge in [-0.25, -0.2) is 8.42 Å². The van der Waals surface area contributed by atoms with Crippen molar-refractivity contribution in [1.82, 2.24) is 5.32 Å². The molecule has 0 aromatic heterocycles. The first-order valence-corrected chi connectivity index (χ1v) is 10.4. The average Bonchev–Trinajstić information content (AvgIpc) is 2.59. The SMILES string of the molecule is CC(C)C[C@H](NC(=O)COc1ccc(S(C)(=O)=O)cc1)c1ccccc1. The normalized spacial score (nSPS) is 12.6. The molecule has 6 heteroatoms. The van der Waals surface area contributed by atoms with Crippen molar-refractivity contribution in [3.63, 3.8) is 0 Å². The number of hydrogen-bond acceptors (Lipinski definition) is 4. The monoisotopic (exact) mass is 375 g/mol. The Labute approximate surface area is 155 Å². The molecule has 0 unspecified atom stereocenters. The number of benzene rings is 2. The van der Waals surface area contributed by atoms with Crippen LogP contribution in [-0.4, -0.2) is 27.2 Å². The first kappa shape index (κ1) is 20.0. The van der Waals surface area contributed by atoms with E-state index in [-0.39, 0.29) is 23.5 Å². The van der Waals surface area contributed by atoms with Crippen molar-refractivity contribution in [2.24, 2.45) is 5.92 Å². The lowest BCUT2D eigenvalue weighted by Gasteiger charge is -2.21. The van der Waals surface area contributed by atoms with E-state index in [0.717, 1.165) is 18.2 Å². The van der Waals surface area contributed by atoms with E-state index in [1.165, 1.54) is 12.1 Å². The summed E-state index contributed by atoms with van der Waals surface area (Å²) in [7, 11) is -3.24. The molecule has 0 aliphatic heterocycles. The number of amides is 1. The summed E-state index contributed by atoms with van der Waals surface area (Å²) in [6.07, 6.45) is 1.98. The summed E-state index contributed by atoms with van der Waals surface area (Å²) >= 11 is 0. The largest absolute Gasteiger partial charge is 0.484 e. The van der Waals surface area contributed by atoms with Gasteiger partial charge in [-0.3, -0.25) is 4.79 Å². The number of carbonyl (C=O) groups is 1. The van der Waals surface area contributed by atoms with E-state index in [1.807, 2.05) is 30.3 Å². The van der Waals surface area contributed by atoms with Crippen molar-refractivity contribution in [2.75, 3.05) is 12.9 Å². The molecule has 26 heavy (non-hydrogen) atoms. The van der Waals surface area contributed by atoms with E-state index < -0.39 is 9.84 Å². The van der Waals surface area contributed by atoms with Crippen LogP contribution in [0.5, 0.6) is 5.75 Å². The number of carbonyl (C=O) groups excluding carboxylic acids is 1. The van der Waals surface area contributed by atoms with Crippen LogP contribution in [0.25, 0.3) is 0 Å². The van der Waals surface area contributed by atoms with Gasteiger partial charge in [0.05, 0.1) is 10.9 Å². The second-order valence-corrected chi connectivity index (χ2v) is 8.71. The Balaban J connectivity index is 1.95. The minimum absolute atomic E-state index is 0.0695. The Bertz CT molecular complexity index is 815. The van der Waals surface area contributed by atoms with Gasteiger partial charge in [0.15, 0.2) is 16.4 Å². The van der Waals surface area contributed by atoms with Crippen LogP contribution in [0.2, 0.25) is 0 Å². The molecule has 0 fully saturated rings. The molecule has 140 valence electrons. The third-order valence-corrected chi connectivity index (χ3v) is 4.99. The zero-order valence-corrected chi connectivity index (χ0v) is 16.1.